The Morgan fingerprint density at radius 3 is 2.42 bits per heavy atom. The van der Waals surface area contributed by atoms with Crippen LogP contribution in [0.5, 0.6) is 5.75 Å². The first-order valence-electron chi connectivity index (χ1n) is 6.23. The molecule has 1 fully saturated rings. The lowest BCUT2D eigenvalue weighted by molar-refractivity contribution is -0.131. The van der Waals surface area contributed by atoms with Crippen LogP contribution in [0.4, 0.5) is 0 Å². The molecule has 2 rings (SSSR count). The van der Waals surface area contributed by atoms with Gasteiger partial charge in [-0.2, -0.15) is 0 Å². The molecule has 0 spiro atoms. The largest absolute Gasteiger partial charge is 0.493 e. The fourth-order valence-corrected chi connectivity index (χ4v) is 3.09. The highest BCUT2D eigenvalue weighted by Crippen LogP contribution is 2.10. The first kappa shape index (κ1) is 13.9. The van der Waals surface area contributed by atoms with E-state index in [9.17, 15) is 13.2 Å². The Balaban J connectivity index is 1.73. The molecule has 0 saturated carbocycles. The van der Waals surface area contributed by atoms with Crippen LogP contribution in [0.25, 0.3) is 0 Å². The maximum atomic E-state index is 11.9. The zero-order valence-corrected chi connectivity index (χ0v) is 11.4. The SMILES string of the molecule is O=C(CCOc1ccccc1)N1CCS(=O)(=O)CC1. The minimum absolute atomic E-state index is 0.0502. The number of para-hydroxylation sites is 1. The zero-order valence-electron chi connectivity index (χ0n) is 10.6. The second-order valence-corrected chi connectivity index (χ2v) is 6.75. The van der Waals surface area contributed by atoms with E-state index < -0.39 is 9.84 Å². The molecule has 1 aromatic carbocycles. The lowest BCUT2D eigenvalue weighted by atomic mass is 10.3. The molecule has 104 valence electrons. The number of carbonyl (C=O) groups excluding carboxylic acids is 1. The summed E-state index contributed by atoms with van der Waals surface area (Å²) in [6.45, 7) is 0.908. The summed E-state index contributed by atoms with van der Waals surface area (Å²) in [7, 11) is -2.94. The van der Waals surface area contributed by atoms with E-state index in [2.05, 4.69) is 0 Å². The molecular weight excluding hydrogens is 266 g/mol. The van der Waals surface area contributed by atoms with E-state index in [4.69, 9.17) is 4.74 Å². The molecular formula is C13H17NO4S. The van der Waals surface area contributed by atoms with Crippen LogP contribution >= 0.6 is 0 Å². The van der Waals surface area contributed by atoms with Crippen molar-refractivity contribution in [2.45, 2.75) is 6.42 Å². The Bertz CT molecular complexity index is 513. The Morgan fingerprint density at radius 1 is 1.16 bits per heavy atom. The van der Waals surface area contributed by atoms with Crippen LogP contribution in [-0.2, 0) is 14.6 Å². The third kappa shape index (κ3) is 4.24. The van der Waals surface area contributed by atoms with Crippen LogP contribution in [0, 0.1) is 0 Å². The number of amides is 1. The van der Waals surface area contributed by atoms with Gasteiger partial charge in [-0.05, 0) is 12.1 Å². The molecule has 1 saturated heterocycles. The van der Waals surface area contributed by atoms with Crippen molar-refractivity contribution in [2.75, 3.05) is 31.2 Å². The van der Waals surface area contributed by atoms with Crippen molar-refractivity contribution in [1.29, 1.82) is 0 Å². The average Bonchev–Trinajstić information content (AvgIpc) is 2.39. The topological polar surface area (TPSA) is 63.7 Å². The van der Waals surface area contributed by atoms with Gasteiger partial charge in [-0.25, -0.2) is 8.42 Å². The van der Waals surface area contributed by atoms with E-state index in [1.165, 1.54) is 0 Å². The minimum Gasteiger partial charge on any atom is -0.493 e. The number of nitrogens with zero attached hydrogens (tertiary/aromatic N) is 1. The summed E-state index contributed by atoms with van der Waals surface area (Å²) < 4.78 is 28.0. The van der Waals surface area contributed by atoms with Crippen molar-refractivity contribution in [1.82, 2.24) is 4.90 Å². The van der Waals surface area contributed by atoms with Crippen LogP contribution in [0.15, 0.2) is 30.3 Å². The number of ether oxygens (including phenoxy) is 1. The molecule has 1 aromatic rings. The van der Waals surface area contributed by atoms with E-state index in [1.807, 2.05) is 30.3 Å². The average molecular weight is 283 g/mol. The van der Waals surface area contributed by atoms with Crippen LogP contribution in [-0.4, -0.2) is 50.4 Å². The number of carbonyl (C=O) groups is 1. The van der Waals surface area contributed by atoms with Gasteiger partial charge in [-0.1, -0.05) is 18.2 Å². The van der Waals surface area contributed by atoms with Gasteiger partial charge in [0.1, 0.15) is 5.75 Å². The summed E-state index contributed by atoms with van der Waals surface area (Å²) in [5, 5.41) is 0. The molecule has 1 aliphatic rings. The summed E-state index contributed by atoms with van der Waals surface area (Å²) in [6.07, 6.45) is 0.273. The van der Waals surface area contributed by atoms with Gasteiger partial charge in [0, 0.05) is 13.1 Å². The minimum atomic E-state index is -2.94. The molecule has 0 aliphatic carbocycles. The van der Waals surface area contributed by atoms with E-state index in [0.717, 1.165) is 5.75 Å². The molecule has 1 heterocycles. The predicted molar refractivity (Wildman–Crippen MR) is 71.8 cm³/mol. The quantitative estimate of drug-likeness (QED) is 0.816. The Kier molecular flexibility index (Phi) is 4.42. The highest BCUT2D eigenvalue weighted by Gasteiger charge is 2.24. The van der Waals surface area contributed by atoms with Crippen molar-refractivity contribution >= 4 is 15.7 Å². The Hall–Kier alpha value is -1.56. The lowest BCUT2D eigenvalue weighted by Gasteiger charge is -2.26. The summed E-state index contributed by atoms with van der Waals surface area (Å²) in [6, 6.07) is 9.29. The number of rotatable bonds is 4. The van der Waals surface area contributed by atoms with Crippen LogP contribution < -0.4 is 4.74 Å². The third-order valence-corrected chi connectivity index (χ3v) is 4.63. The van der Waals surface area contributed by atoms with Gasteiger partial charge in [-0.3, -0.25) is 4.79 Å². The molecule has 19 heavy (non-hydrogen) atoms. The number of sulfone groups is 1. The predicted octanol–water partition coefficient (Wildman–Crippen LogP) is 0.713. The fraction of sp³-hybridized carbons (Fsp3) is 0.462. The summed E-state index contributed by atoms with van der Waals surface area (Å²) in [5.74, 6) is 0.818. The van der Waals surface area contributed by atoms with E-state index in [0.29, 0.717) is 19.7 Å². The molecule has 6 heteroatoms. The molecule has 0 bridgehead atoms. The third-order valence-electron chi connectivity index (χ3n) is 3.02. The molecule has 5 nitrogen and oxygen atoms in total. The summed E-state index contributed by atoms with van der Waals surface area (Å²) >= 11 is 0. The summed E-state index contributed by atoms with van der Waals surface area (Å²) in [4.78, 5) is 13.4. The molecule has 1 aliphatic heterocycles. The molecule has 0 unspecified atom stereocenters. The smallest absolute Gasteiger partial charge is 0.226 e. The van der Waals surface area contributed by atoms with Gasteiger partial charge < -0.3 is 9.64 Å². The highest BCUT2D eigenvalue weighted by atomic mass is 32.2. The zero-order chi connectivity index (χ0) is 13.7. The lowest BCUT2D eigenvalue weighted by Crippen LogP contribution is -2.44. The van der Waals surface area contributed by atoms with Gasteiger partial charge >= 0.3 is 0 Å². The van der Waals surface area contributed by atoms with Crippen molar-refractivity contribution in [3.05, 3.63) is 30.3 Å². The van der Waals surface area contributed by atoms with Crippen LogP contribution in [0.2, 0.25) is 0 Å². The van der Waals surface area contributed by atoms with Crippen molar-refractivity contribution in [2.24, 2.45) is 0 Å². The Morgan fingerprint density at radius 2 is 1.79 bits per heavy atom. The first-order chi connectivity index (χ1) is 9.07. The highest BCUT2D eigenvalue weighted by molar-refractivity contribution is 7.91. The molecule has 0 atom stereocenters. The number of hydrogen-bond acceptors (Lipinski definition) is 4. The van der Waals surface area contributed by atoms with E-state index in [-0.39, 0.29) is 23.8 Å². The monoisotopic (exact) mass is 283 g/mol. The van der Waals surface area contributed by atoms with Gasteiger partial charge in [-0.15, -0.1) is 0 Å². The fourth-order valence-electron chi connectivity index (χ4n) is 1.89. The van der Waals surface area contributed by atoms with Crippen molar-refractivity contribution in [3.8, 4) is 5.75 Å². The second-order valence-electron chi connectivity index (χ2n) is 4.44. The molecule has 0 radical (unpaired) electrons. The summed E-state index contributed by atoms with van der Waals surface area (Å²) in [5.41, 5.74) is 0. The van der Waals surface area contributed by atoms with Crippen molar-refractivity contribution < 1.29 is 17.9 Å². The van der Waals surface area contributed by atoms with E-state index in [1.54, 1.807) is 4.90 Å². The first-order valence-corrected chi connectivity index (χ1v) is 8.05. The number of benzene rings is 1. The number of hydrogen-bond donors (Lipinski definition) is 0. The molecule has 0 N–H and O–H groups in total. The second kappa shape index (κ2) is 6.06. The van der Waals surface area contributed by atoms with Crippen molar-refractivity contribution in [3.63, 3.8) is 0 Å². The normalized spacial score (nSPS) is 18.0. The standard InChI is InChI=1S/C13H17NO4S/c15-13(14-7-10-19(16,17)11-8-14)6-9-18-12-4-2-1-3-5-12/h1-5H,6-11H2. The Labute approximate surface area is 113 Å². The van der Waals surface area contributed by atoms with Crippen LogP contribution in [0.3, 0.4) is 0 Å². The molecule has 0 aromatic heterocycles. The molecule has 1 amide bonds. The van der Waals surface area contributed by atoms with Gasteiger partial charge in [0.15, 0.2) is 9.84 Å². The van der Waals surface area contributed by atoms with E-state index >= 15 is 0 Å². The van der Waals surface area contributed by atoms with Gasteiger partial charge in [0.05, 0.1) is 24.5 Å². The van der Waals surface area contributed by atoms with Gasteiger partial charge in [0.2, 0.25) is 5.91 Å². The maximum Gasteiger partial charge on any atom is 0.226 e. The van der Waals surface area contributed by atoms with Crippen LogP contribution in [0.1, 0.15) is 6.42 Å². The van der Waals surface area contributed by atoms with Gasteiger partial charge in [0.25, 0.3) is 0 Å². The maximum absolute atomic E-state index is 11.9.